The largest absolute Gasteiger partial charge is 0.478 e. The molecule has 0 aliphatic rings. The van der Waals surface area contributed by atoms with E-state index in [2.05, 4.69) is 4.98 Å². The van der Waals surface area contributed by atoms with Crippen LogP contribution in [-0.4, -0.2) is 16.1 Å². The molecule has 3 aromatic rings. The van der Waals surface area contributed by atoms with Crippen molar-refractivity contribution in [2.24, 2.45) is 0 Å². The number of carboxylic acid groups (broad SMARTS) is 1. The van der Waals surface area contributed by atoms with Crippen LogP contribution in [0.5, 0.6) is 0 Å². The van der Waals surface area contributed by atoms with Crippen LogP contribution >= 0.6 is 11.6 Å². The Balaban J connectivity index is 2.30. The Labute approximate surface area is 120 Å². The number of carboxylic acids is 1. The van der Waals surface area contributed by atoms with Crippen LogP contribution in [0.1, 0.15) is 10.4 Å². The third-order valence-corrected chi connectivity index (χ3v) is 3.30. The van der Waals surface area contributed by atoms with E-state index >= 15 is 0 Å². The number of fused-ring (bicyclic) bond motifs is 1. The SMILES string of the molecule is O=C(O)c1cc(-c2cccc(Cl)c2)nc2ccccc12. The fourth-order valence-electron chi connectivity index (χ4n) is 2.15. The molecule has 20 heavy (non-hydrogen) atoms. The van der Waals surface area contributed by atoms with Crippen molar-refractivity contribution in [3.05, 3.63) is 65.2 Å². The summed E-state index contributed by atoms with van der Waals surface area (Å²) in [5, 5.41) is 10.6. The minimum absolute atomic E-state index is 0.241. The maximum atomic E-state index is 11.4. The maximum Gasteiger partial charge on any atom is 0.336 e. The van der Waals surface area contributed by atoms with Crippen molar-refractivity contribution in [3.63, 3.8) is 0 Å². The number of nitrogens with zero attached hydrogens (tertiary/aromatic N) is 1. The molecule has 0 unspecified atom stereocenters. The van der Waals surface area contributed by atoms with Gasteiger partial charge in [-0.25, -0.2) is 9.78 Å². The van der Waals surface area contributed by atoms with Gasteiger partial charge in [0.1, 0.15) is 0 Å². The van der Waals surface area contributed by atoms with Crippen molar-refractivity contribution in [1.82, 2.24) is 4.98 Å². The van der Waals surface area contributed by atoms with E-state index in [9.17, 15) is 9.90 Å². The summed E-state index contributed by atoms with van der Waals surface area (Å²) in [7, 11) is 0. The first-order valence-corrected chi connectivity index (χ1v) is 6.42. The minimum atomic E-state index is -0.966. The molecule has 0 bridgehead atoms. The lowest BCUT2D eigenvalue weighted by atomic mass is 10.0. The molecule has 1 N–H and O–H groups in total. The molecule has 0 radical (unpaired) electrons. The highest BCUT2D eigenvalue weighted by atomic mass is 35.5. The Morgan fingerprint density at radius 2 is 1.85 bits per heavy atom. The first-order valence-electron chi connectivity index (χ1n) is 6.04. The third kappa shape index (κ3) is 2.24. The smallest absolute Gasteiger partial charge is 0.336 e. The second-order valence-electron chi connectivity index (χ2n) is 4.39. The van der Waals surface area contributed by atoms with Gasteiger partial charge in [0.15, 0.2) is 0 Å². The molecule has 2 aromatic carbocycles. The highest BCUT2D eigenvalue weighted by Gasteiger charge is 2.12. The molecular weight excluding hydrogens is 274 g/mol. The molecule has 0 spiro atoms. The Hall–Kier alpha value is -2.39. The summed E-state index contributed by atoms with van der Waals surface area (Å²) in [6.45, 7) is 0. The number of para-hydroxylation sites is 1. The van der Waals surface area contributed by atoms with Crippen molar-refractivity contribution < 1.29 is 9.90 Å². The Bertz CT molecular complexity index is 814. The van der Waals surface area contributed by atoms with Gasteiger partial charge in [-0.2, -0.15) is 0 Å². The van der Waals surface area contributed by atoms with Gasteiger partial charge in [-0.3, -0.25) is 0 Å². The van der Waals surface area contributed by atoms with Crippen molar-refractivity contribution in [2.75, 3.05) is 0 Å². The van der Waals surface area contributed by atoms with Gasteiger partial charge in [0.2, 0.25) is 0 Å². The van der Waals surface area contributed by atoms with Crippen LogP contribution in [0.4, 0.5) is 0 Å². The van der Waals surface area contributed by atoms with E-state index < -0.39 is 5.97 Å². The van der Waals surface area contributed by atoms with Gasteiger partial charge >= 0.3 is 5.97 Å². The van der Waals surface area contributed by atoms with E-state index in [0.717, 1.165) is 5.56 Å². The van der Waals surface area contributed by atoms with Crippen LogP contribution in [-0.2, 0) is 0 Å². The molecule has 4 heteroatoms. The topological polar surface area (TPSA) is 50.2 Å². The normalized spacial score (nSPS) is 10.7. The van der Waals surface area contributed by atoms with Gasteiger partial charge in [0.05, 0.1) is 16.8 Å². The number of hydrogen-bond donors (Lipinski definition) is 1. The quantitative estimate of drug-likeness (QED) is 0.765. The Morgan fingerprint density at radius 3 is 2.60 bits per heavy atom. The average Bonchev–Trinajstić information content (AvgIpc) is 2.46. The summed E-state index contributed by atoms with van der Waals surface area (Å²) in [5.74, 6) is -0.966. The van der Waals surface area contributed by atoms with Crippen LogP contribution in [0, 0.1) is 0 Å². The molecule has 0 aliphatic carbocycles. The van der Waals surface area contributed by atoms with Crippen molar-refractivity contribution in [2.45, 2.75) is 0 Å². The van der Waals surface area contributed by atoms with Crippen LogP contribution in [0.3, 0.4) is 0 Å². The van der Waals surface area contributed by atoms with Gasteiger partial charge in [-0.1, -0.05) is 41.9 Å². The predicted molar refractivity (Wildman–Crippen MR) is 79.1 cm³/mol. The third-order valence-electron chi connectivity index (χ3n) is 3.07. The molecule has 0 amide bonds. The molecular formula is C16H10ClNO2. The lowest BCUT2D eigenvalue weighted by Crippen LogP contribution is -2.00. The van der Waals surface area contributed by atoms with Gasteiger partial charge in [-0.05, 0) is 24.3 Å². The highest BCUT2D eigenvalue weighted by Crippen LogP contribution is 2.26. The molecule has 0 aliphatic heterocycles. The van der Waals surface area contributed by atoms with E-state index in [1.807, 2.05) is 18.2 Å². The second kappa shape index (κ2) is 4.94. The molecule has 3 rings (SSSR count). The molecule has 3 nitrogen and oxygen atoms in total. The van der Waals surface area contributed by atoms with Crippen molar-refractivity contribution in [1.29, 1.82) is 0 Å². The van der Waals surface area contributed by atoms with Gasteiger partial charge in [-0.15, -0.1) is 0 Å². The zero-order valence-electron chi connectivity index (χ0n) is 10.4. The molecule has 98 valence electrons. The molecule has 0 fully saturated rings. The summed E-state index contributed by atoms with van der Waals surface area (Å²) in [6, 6.07) is 16.0. The second-order valence-corrected chi connectivity index (χ2v) is 4.82. The molecule has 0 saturated heterocycles. The average molecular weight is 284 g/mol. The van der Waals surface area contributed by atoms with E-state index in [1.165, 1.54) is 0 Å². The fraction of sp³-hybridized carbons (Fsp3) is 0. The number of hydrogen-bond acceptors (Lipinski definition) is 2. The zero-order valence-corrected chi connectivity index (χ0v) is 11.1. The van der Waals surface area contributed by atoms with E-state index in [-0.39, 0.29) is 5.56 Å². The number of pyridine rings is 1. The fourth-order valence-corrected chi connectivity index (χ4v) is 2.34. The highest BCUT2D eigenvalue weighted by molar-refractivity contribution is 6.30. The summed E-state index contributed by atoms with van der Waals surface area (Å²) >= 11 is 5.97. The molecule has 1 aromatic heterocycles. The van der Waals surface area contributed by atoms with E-state index in [0.29, 0.717) is 21.6 Å². The van der Waals surface area contributed by atoms with Gasteiger partial charge in [0, 0.05) is 16.0 Å². The summed E-state index contributed by atoms with van der Waals surface area (Å²) < 4.78 is 0. The number of halogens is 1. The van der Waals surface area contributed by atoms with E-state index in [4.69, 9.17) is 11.6 Å². The molecule has 1 heterocycles. The summed E-state index contributed by atoms with van der Waals surface area (Å²) in [5.41, 5.74) is 2.29. The number of benzene rings is 2. The monoisotopic (exact) mass is 283 g/mol. The lowest BCUT2D eigenvalue weighted by Gasteiger charge is -2.07. The molecule has 0 atom stereocenters. The van der Waals surface area contributed by atoms with Crippen molar-refractivity contribution in [3.8, 4) is 11.3 Å². The number of aromatic nitrogens is 1. The van der Waals surface area contributed by atoms with Crippen LogP contribution in [0.25, 0.3) is 22.2 Å². The van der Waals surface area contributed by atoms with Crippen LogP contribution in [0.15, 0.2) is 54.6 Å². The molecule has 0 saturated carbocycles. The number of carbonyl (C=O) groups is 1. The predicted octanol–water partition coefficient (Wildman–Crippen LogP) is 4.25. The van der Waals surface area contributed by atoms with Crippen molar-refractivity contribution >= 4 is 28.5 Å². The lowest BCUT2D eigenvalue weighted by molar-refractivity contribution is 0.0699. The number of aromatic carboxylic acids is 1. The summed E-state index contributed by atoms with van der Waals surface area (Å²) in [4.78, 5) is 15.9. The standard InChI is InChI=1S/C16H10ClNO2/c17-11-5-3-4-10(8-11)15-9-13(16(19)20)12-6-1-2-7-14(12)18-15/h1-9H,(H,19,20). The Kier molecular flexibility index (Phi) is 3.12. The van der Waals surface area contributed by atoms with Crippen LogP contribution in [0.2, 0.25) is 5.02 Å². The van der Waals surface area contributed by atoms with Crippen LogP contribution < -0.4 is 0 Å². The minimum Gasteiger partial charge on any atom is -0.478 e. The maximum absolute atomic E-state index is 11.4. The van der Waals surface area contributed by atoms with Gasteiger partial charge in [0.25, 0.3) is 0 Å². The first kappa shape index (κ1) is 12.6. The number of rotatable bonds is 2. The van der Waals surface area contributed by atoms with E-state index in [1.54, 1.807) is 36.4 Å². The zero-order chi connectivity index (χ0) is 14.1. The summed E-state index contributed by atoms with van der Waals surface area (Å²) in [6.07, 6.45) is 0. The Morgan fingerprint density at radius 1 is 1.05 bits per heavy atom. The first-order chi connectivity index (χ1) is 9.65. The van der Waals surface area contributed by atoms with Gasteiger partial charge < -0.3 is 5.11 Å².